The molecule has 0 saturated carbocycles. The Kier molecular flexibility index (Phi) is 6.67. The quantitative estimate of drug-likeness (QED) is 0.791. The van der Waals surface area contributed by atoms with Crippen molar-refractivity contribution >= 4 is 11.7 Å². The smallest absolute Gasteiger partial charge is 0.321 e. The minimum Gasteiger partial charge on any atom is -0.493 e. The van der Waals surface area contributed by atoms with Crippen LogP contribution >= 0.6 is 0 Å². The van der Waals surface area contributed by atoms with Crippen LogP contribution in [-0.2, 0) is 6.42 Å². The van der Waals surface area contributed by atoms with Gasteiger partial charge in [0, 0.05) is 37.3 Å². The first-order valence-corrected chi connectivity index (χ1v) is 10.8. The van der Waals surface area contributed by atoms with Crippen LogP contribution < -0.4 is 10.1 Å². The molecule has 0 bridgehead atoms. The second kappa shape index (κ2) is 9.79. The SMILES string of the molecule is O=C(Nc1cccc(OCCc2ccccc2)c1)N1CCC[C@@H](N2CCCC2)C1. The van der Waals surface area contributed by atoms with Gasteiger partial charge in [-0.15, -0.1) is 0 Å². The fourth-order valence-electron chi connectivity index (χ4n) is 4.34. The van der Waals surface area contributed by atoms with Crippen LogP contribution in [0, 0.1) is 0 Å². The van der Waals surface area contributed by atoms with Crippen molar-refractivity contribution in [2.75, 3.05) is 38.1 Å². The van der Waals surface area contributed by atoms with Crippen molar-refractivity contribution in [2.24, 2.45) is 0 Å². The summed E-state index contributed by atoms with van der Waals surface area (Å²) in [5.41, 5.74) is 2.05. The van der Waals surface area contributed by atoms with E-state index in [4.69, 9.17) is 4.74 Å². The molecular formula is C24H31N3O2. The highest BCUT2D eigenvalue weighted by molar-refractivity contribution is 5.89. The average molecular weight is 394 g/mol. The number of likely N-dealkylation sites (tertiary alicyclic amines) is 2. The lowest BCUT2D eigenvalue weighted by Gasteiger charge is -2.37. The van der Waals surface area contributed by atoms with Gasteiger partial charge in [0.2, 0.25) is 0 Å². The van der Waals surface area contributed by atoms with Crippen molar-refractivity contribution in [1.29, 1.82) is 0 Å². The van der Waals surface area contributed by atoms with E-state index < -0.39 is 0 Å². The third-order valence-electron chi connectivity index (χ3n) is 5.93. The van der Waals surface area contributed by atoms with Crippen LogP contribution in [0.2, 0.25) is 0 Å². The molecule has 1 N–H and O–H groups in total. The minimum atomic E-state index is -0.00432. The summed E-state index contributed by atoms with van der Waals surface area (Å²) in [7, 11) is 0. The molecule has 2 aromatic rings. The first-order valence-electron chi connectivity index (χ1n) is 10.8. The summed E-state index contributed by atoms with van der Waals surface area (Å²) in [4.78, 5) is 17.3. The van der Waals surface area contributed by atoms with Crippen molar-refractivity contribution in [2.45, 2.75) is 38.1 Å². The number of nitrogens with one attached hydrogen (secondary N) is 1. The summed E-state index contributed by atoms with van der Waals surface area (Å²) < 4.78 is 5.89. The highest BCUT2D eigenvalue weighted by Crippen LogP contribution is 2.22. The number of anilines is 1. The monoisotopic (exact) mass is 393 g/mol. The van der Waals surface area contributed by atoms with Gasteiger partial charge in [0.05, 0.1) is 6.61 Å². The van der Waals surface area contributed by atoms with Crippen LogP contribution in [0.5, 0.6) is 5.75 Å². The van der Waals surface area contributed by atoms with Gasteiger partial charge in [-0.25, -0.2) is 4.79 Å². The molecule has 5 heteroatoms. The van der Waals surface area contributed by atoms with Gasteiger partial charge in [-0.1, -0.05) is 36.4 Å². The summed E-state index contributed by atoms with van der Waals surface area (Å²) in [5, 5.41) is 3.06. The van der Waals surface area contributed by atoms with Crippen LogP contribution in [-0.4, -0.2) is 54.7 Å². The Bertz CT molecular complexity index is 790. The molecule has 2 aromatic carbocycles. The Hall–Kier alpha value is -2.53. The third kappa shape index (κ3) is 5.51. The summed E-state index contributed by atoms with van der Waals surface area (Å²) >= 11 is 0. The topological polar surface area (TPSA) is 44.8 Å². The molecule has 2 aliphatic rings. The molecule has 0 unspecified atom stereocenters. The highest BCUT2D eigenvalue weighted by Gasteiger charge is 2.29. The highest BCUT2D eigenvalue weighted by atomic mass is 16.5. The Morgan fingerprint density at radius 1 is 1.00 bits per heavy atom. The number of nitrogens with zero attached hydrogens (tertiary/aromatic N) is 2. The first kappa shape index (κ1) is 19.8. The van der Waals surface area contributed by atoms with Gasteiger partial charge in [-0.05, 0) is 56.5 Å². The van der Waals surface area contributed by atoms with Crippen LogP contribution in [0.3, 0.4) is 0 Å². The molecule has 4 rings (SSSR count). The molecule has 154 valence electrons. The van der Waals surface area contributed by atoms with Gasteiger partial charge in [-0.3, -0.25) is 4.90 Å². The second-order valence-corrected chi connectivity index (χ2v) is 8.03. The lowest BCUT2D eigenvalue weighted by Crippen LogP contribution is -2.50. The molecule has 5 nitrogen and oxygen atoms in total. The van der Waals surface area contributed by atoms with Gasteiger partial charge in [-0.2, -0.15) is 0 Å². The van der Waals surface area contributed by atoms with E-state index in [9.17, 15) is 4.79 Å². The van der Waals surface area contributed by atoms with Crippen LogP contribution in [0.25, 0.3) is 0 Å². The van der Waals surface area contributed by atoms with Gasteiger partial charge in [0.25, 0.3) is 0 Å². The second-order valence-electron chi connectivity index (χ2n) is 8.03. The van der Waals surface area contributed by atoms with Crippen molar-refractivity contribution in [3.63, 3.8) is 0 Å². The Morgan fingerprint density at radius 2 is 1.83 bits per heavy atom. The molecule has 2 fully saturated rings. The van der Waals surface area contributed by atoms with Crippen molar-refractivity contribution in [3.8, 4) is 5.75 Å². The molecule has 0 aromatic heterocycles. The predicted molar refractivity (Wildman–Crippen MR) is 117 cm³/mol. The van der Waals surface area contributed by atoms with Crippen molar-refractivity contribution in [3.05, 3.63) is 60.2 Å². The van der Waals surface area contributed by atoms with E-state index in [1.165, 1.54) is 37.9 Å². The summed E-state index contributed by atoms with van der Waals surface area (Å²) in [6, 6.07) is 18.5. The molecule has 0 radical (unpaired) electrons. The van der Waals surface area contributed by atoms with E-state index in [0.29, 0.717) is 12.6 Å². The van der Waals surface area contributed by atoms with Gasteiger partial charge >= 0.3 is 6.03 Å². The zero-order valence-corrected chi connectivity index (χ0v) is 17.1. The number of carbonyl (C=O) groups is 1. The Labute approximate surface area is 173 Å². The number of urea groups is 1. The largest absolute Gasteiger partial charge is 0.493 e. The minimum absolute atomic E-state index is 0.00432. The fraction of sp³-hybridized carbons (Fsp3) is 0.458. The molecule has 0 spiro atoms. The lowest BCUT2D eigenvalue weighted by molar-refractivity contribution is 0.132. The number of hydrogen-bond donors (Lipinski definition) is 1. The van der Waals surface area contributed by atoms with Gasteiger partial charge in [0.15, 0.2) is 0 Å². The average Bonchev–Trinajstić information content (AvgIpc) is 3.30. The number of amides is 2. The molecule has 2 amide bonds. The van der Waals surface area contributed by atoms with Crippen molar-refractivity contribution in [1.82, 2.24) is 9.80 Å². The first-order chi connectivity index (χ1) is 14.3. The molecule has 2 saturated heterocycles. The molecule has 2 aliphatic heterocycles. The molecular weight excluding hydrogens is 362 g/mol. The summed E-state index contributed by atoms with van der Waals surface area (Å²) in [5.74, 6) is 0.785. The molecule has 0 aliphatic carbocycles. The Balaban J connectivity index is 1.28. The summed E-state index contributed by atoms with van der Waals surface area (Å²) in [6.07, 6.45) is 5.73. The lowest BCUT2D eigenvalue weighted by atomic mass is 10.0. The third-order valence-corrected chi connectivity index (χ3v) is 5.93. The van der Waals surface area contributed by atoms with Crippen LogP contribution in [0.4, 0.5) is 10.5 Å². The normalized spacial score (nSPS) is 19.9. The number of piperidine rings is 1. The maximum absolute atomic E-state index is 12.8. The van der Waals surface area contributed by atoms with E-state index in [2.05, 4.69) is 22.3 Å². The number of carbonyl (C=O) groups excluding carboxylic acids is 1. The van der Waals surface area contributed by atoms with E-state index in [1.54, 1.807) is 0 Å². The Morgan fingerprint density at radius 3 is 2.66 bits per heavy atom. The number of hydrogen-bond acceptors (Lipinski definition) is 3. The zero-order chi connectivity index (χ0) is 19.9. The van der Waals surface area contributed by atoms with Gasteiger partial charge in [0.1, 0.15) is 5.75 Å². The zero-order valence-electron chi connectivity index (χ0n) is 17.1. The number of ether oxygens (including phenoxy) is 1. The van der Waals surface area contributed by atoms with E-state index in [1.807, 2.05) is 47.4 Å². The fourth-order valence-corrected chi connectivity index (χ4v) is 4.34. The summed E-state index contributed by atoms with van der Waals surface area (Å²) in [6.45, 7) is 4.65. The molecule has 29 heavy (non-hydrogen) atoms. The number of rotatable bonds is 6. The van der Waals surface area contributed by atoms with E-state index >= 15 is 0 Å². The van der Waals surface area contributed by atoms with Gasteiger partial charge < -0.3 is 15.0 Å². The molecule has 1 atom stereocenters. The van der Waals surface area contributed by atoms with Crippen molar-refractivity contribution < 1.29 is 9.53 Å². The van der Waals surface area contributed by atoms with E-state index in [-0.39, 0.29) is 6.03 Å². The standard InChI is InChI=1S/C24H31N3O2/c28-24(27-16-7-11-22(19-27)26-14-4-5-15-26)25-21-10-6-12-23(18-21)29-17-13-20-8-2-1-3-9-20/h1-3,6,8-10,12,18,22H,4-5,7,11,13-17,19H2,(H,25,28)/t22-/m1/s1. The predicted octanol–water partition coefficient (Wildman–Crippen LogP) is 4.40. The van der Waals surface area contributed by atoms with Crippen LogP contribution in [0.15, 0.2) is 54.6 Å². The number of benzene rings is 2. The van der Waals surface area contributed by atoms with Crippen LogP contribution in [0.1, 0.15) is 31.2 Å². The molecule has 2 heterocycles. The maximum atomic E-state index is 12.8. The van der Waals surface area contributed by atoms with E-state index in [0.717, 1.165) is 37.4 Å². The maximum Gasteiger partial charge on any atom is 0.321 e.